The second-order valence-electron chi connectivity index (χ2n) is 4.91. The summed E-state index contributed by atoms with van der Waals surface area (Å²) >= 11 is 7.29. The zero-order valence-electron chi connectivity index (χ0n) is 11.5. The number of nitrogens with one attached hydrogen (secondary N) is 2. The van der Waals surface area contributed by atoms with Crippen molar-refractivity contribution in [2.24, 2.45) is 5.10 Å². The standard InChI is InChI=1S/C14H18ClN3OS/c1-18-8-6-12(7-9-18)16-17-14(19)10-20-13-4-2-11(15)3-5-13/h2-5H,6-10H2,1H3,(H,17,19)/p+1. The maximum Gasteiger partial charge on any atom is 0.250 e. The minimum Gasteiger partial charge on any atom is -0.337 e. The molecule has 1 fully saturated rings. The Balaban J connectivity index is 1.73. The molecule has 1 aromatic rings. The van der Waals surface area contributed by atoms with Crippen LogP contribution in [-0.4, -0.2) is 37.5 Å². The van der Waals surface area contributed by atoms with Crippen molar-refractivity contribution >= 4 is 35.0 Å². The van der Waals surface area contributed by atoms with E-state index in [1.54, 1.807) is 0 Å². The molecule has 0 radical (unpaired) electrons. The molecule has 0 aliphatic carbocycles. The van der Waals surface area contributed by atoms with Crippen LogP contribution in [0.5, 0.6) is 0 Å². The lowest BCUT2D eigenvalue weighted by Gasteiger charge is -2.20. The quantitative estimate of drug-likeness (QED) is 0.648. The first kappa shape index (κ1) is 15.4. The topological polar surface area (TPSA) is 45.9 Å². The van der Waals surface area contributed by atoms with E-state index in [9.17, 15) is 4.79 Å². The average molecular weight is 313 g/mol. The average Bonchev–Trinajstić information content (AvgIpc) is 2.46. The SMILES string of the molecule is C[NH+]1CCC(=NNC(=O)CSc2ccc(Cl)cc2)CC1. The van der Waals surface area contributed by atoms with Crippen molar-refractivity contribution < 1.29 is 9.69 Å². The van der Waals surface area contributed by atoms with E-state index in [2.05, 4.69) is 17.6 Å². The van der Waals surface area contributed by atoms with Crippen molar-refractivity contribution in [2.75, 3.05) is 25.9 Å². The van der Waals surface area contributed by atoms with Crippen LogP contribution in [0.25, 0.3) is 0 Å². The number of hydrazone groups is 1. The number of nitrogens with zero attached hydrogens (tertiary/aromatic N) is 1. The van der Waals surface area contributed by atoms with E-state index in [1.807, 2.05) is 24.3 Å². The Hall–Kier alpha value is -1.04. The first-order valence-electron chi connectivity index (χ1n) is 6.67. The summed E-state index contributed by atoms with van der Waals surface area (Å²) in [5, 5.41) is 4.92. The van der Waals surface area contributed by atoms with Crippen molar-refractivity contribution in [2.45, 2.75) is 17.7 Å². The molecule has 0 atom stereocenters. The molecule has 1 heterocycles. The Morgan fingerprint density at radius 2 is 2.00 bits per heavy atom. The van der Waals surface area contributed by atoms with Crippen LogP contribution in [0.3, 0.4) is 0 Å². The van der Waals surface area contributed by atoms with Crippen LogP contribution in [-0.2, 0) is 4.79 Å². The van der Waals surface area contributed by atoms with Crippen molar-refractivity contribution in [3.63, 3.8) is 0 Å². The number of hydrogen-bond donors (Lipinski definition) is 2. The Morgan fingerprint density at radius 3 is 2.65 bits per heavy atom. The van der Waals surface area contributed by atoms with E-state index >= 15 is 0 Å². The highest BCUT2D eigenvalue weighted by Crippen LogP contribution is 2.19. The van der Waals surface area contributed by atoms with Crippen molar-refractivity contribution in [1.29, 1.82) is 0 Å². The number of thioether (sulfide) groups is 1. The smallest absolute Gasteiger partial charge is 0.250 e. The molecular formula is C14H19ClN3OS+. The minimum atomic E-state index is -0.0660. The van der Waals surface area contributed by atoms with Crippen molar-refractivity contribution in [3.8, 4) is 0 Å². The first-order valence-corrected chi connectivity index (χ1v) is 8.04. The predicted octanol–water partition coefficient (Wildman–Crippen LogP) is 1.21. The molecule has 1 aromatic carbocycles. The van der Waals surface area contributed by atoms with Gasteiger partial charge in [-0.05, 0) is 24.3 Å². The summed E-state index contributed by atoms with van der Waals surface area (Å²) in [7, 11) is 2.18. The molecule has 0 spiro atoms. The van der Waals surface area contributed by atoms with Gasteiger partial charge in [0.1, 0.15) is 0 Å². The molecule has 1 aliphatic heterocycles. The Morgan fingerprint density at radius 1 is 1.35 bits per heavy atom. The number of amides is 1. The highest BCUT2D eigenvalue weighted by atomic mass is 35.5. The molecule has 20 heavy (non-hydrogen) atoms. The van der Waals surface area contributed by atoms with Gasteiger partial charge in [-0.25, -0.2) is 5.43 Å². The van der Waals surface area contributed by atoms with E-state index in [1.165, 1.54) is 16.7 Å². The molecule has 0 aromatic heterocycles. The molecule has 1 amide bonds. The van der Waals surface area contributed by atoms with E-state index in [0.717, 1.165) is 36.5 Å². The highest BCUT2D eigenvalue weighted by molar-refractivity contribution is 8.00. The molecular weight excluding hydrogens is 294 g/mol. The first-order chi connectivity index (χ1) is 9.63. The van der Waals surface area contributed by atoms with Gasteiger partial charge in [0.15, 0.2) is 0 Å². The lowest BCUT2D eigenvalue weighted by atomic mass is 10.1. The van der Waals surface area contributed by atoms with Gasteiger partial charge < -0.3 is 4.90 Å². The van der Waals surface area contributed by atoms with Crippen LogP contribution < -0.4 is 10.3 Å². The number of rotatable bonds is 4. The lowest BCUT2D eigenvalue weighted by Crippen LogP contribution is -3.10. The maximum absolute atomic E-state index is 11.7. The third kappa shape index (κ3) is 5.15. The fourth-order valence-corrected chi connectivity index (χ4v) is 2.75. The molecule has 4 nitrogen and oxygen atoms in total. The van der Waals surface area contributed by atoms with Crippen LogP contribution in [0.4, 0.5) is 0 Å². The Labute approximate surface area is 128 Å². The summed E-state index contributed by atoms with van der Waals surface area (Å²) in [6.45, 7) is 2.18. The molecule has 1 aliphatic rings. The number of hydrogen-bond acceptors (Lipinski definition) is 3. The van der Waals surface area contributed by atoms with Gasteiger partial charge in [0.25, 0.3) is 0 Å². The van der Waals surface area contributed by atoms with Crippen molar-refractivity contribution in [1.82, 2.24) is 5.43 Å². The fourth-order valence-electron chi connectivity index (χ4n) is 1.93. The molecule has 2 rings (SSSR count). The molecule has 6 heteroatoms. The number of carbonyl (C=O) groups is 1. The summed E-state index contributed by atoms with van der Waals surface area (Å²) in [6, 6.07) is 7.46. The monoisotopic (exact) mass is 312 g/mol. The summed E-state index contributed by atoms with van der Waals surface area (Å²) in [5.41, 5.74) is 3.74. The minimum absolute atomic E-state index is 0.0660. The normalized spacial score (nSPS) is 18.7. The van der Waals surface area contributed by atoms with Gasteiger partial charge in [-0.15, -0.1) is 11.8 Å². The van der Waals surface area contributed by atoms with E-state index in [0.29, 0.717) is 10.8 Å². The van der Waals surface area contributed by atoms with Crippen LogP contribution in [0.15, 0.2) is 34.3 Å². The van der Waals surface area contributed by atoms with Crippen LogP contribution in [0, 0.1) is 0 Å². The zero-order valence-corrected chi connectivity index (χ0v) is 13.1. The van der Waals surface area contributed by atoms with E-state index < -0.39 is 0 Å². The van der Waals surface area contributed by atoms with Gasteiger partial charge in [-0.2, -0.15) is 5.10 Å². The van der Waals surface area contributed by atoms with Crippen LogP contribution in [0.1, 0.15) is 12.8 Å². The molecule has 0 unspecified atom stereocenters. The summed E-state index contributed by atoms with van der Waals surface area (Å²) < 4.78 is 0. The van der Waals surface area contributed by atoms with Gasteiger partial charge in [0, 0.05) is 28.5 Å². The maximum atomic E-state index is 11.7. The zero-order chi connectivity index (χ0) is 14.4. The second-order valence-corrected chi connectivity index (χ2v) is 6.40. The number of quaternary nitrogens is 1. The Bertz CT molecular complexity index is 480. The molecule has 1 saturated heterocycles. The third-order valence-electron chi connectivity index (χ3n) is 3.20. The number of halogens is 1. The van der Waals surface area contributed by atoms with Gasteiger partial charge in [0.05, 0.1) is 25.9 Å². The summed E-state index contributed by atoms with van der Waals surface area (Å²) in [4.78, 5) is 14.3. The van der Waals surface area contributed by atoms with Crippen molar-refractivity contribution in [3.05, 3.63) is 29.3 Å². The van der Waals surface area contributed by atoms with Crippen LogP contribution >= 0.6 is 23.4 Å². The predicted molar refractivity (Wildman–Crippen MR) is 83.6 cm³/mol. The van der Waals surface area contributed by atoms with Gasteiger partial charge >= 0.3 is 0 Å². The largest absolute Gasteiger partial charge is 0.337 e. The molecule has 2 N–H and O–H groups in total. The van der Waals surface area contributed by atoms with Gasteiger partial charge in [-0.3, -0.25) is 4.79 Å². The van der Waals surface area contributed by atoms with Crippen LogP contribution in [0.2, 0.25) is 5.02 Å². The van der Waals surface area contributed by atoms with E-state index in [4.69, 9.17) is 11.6 Å². The number of carbonyl (C=O) groups excluding carboxylic acids is 1. The third-order valence-corrected chi connectivity index (χ3v) is 4.47. The van der Waals surface area contributed by atoms with Gasteiger partial charge in [0.2, 0.25) is 5.91 Å². The molecule has 0 saturated carbocycles. The number of benzene rings is 1. The molecule has 0 bridgehead atoms. The lowest BCUT2D eigenvalue weighted by molar-refractivity contribution is -0.880. The summed E-state index contributed by atoms with van der Waals surface area (Å²) in [5.74, 6) is 0.299. The highest BCUT2D eigenvalue weighted by Gasteiger charge is 2.14. The van der Waals surface area contributed by atoms with Gasteiger partial charge in [-0.1, -0.05) is 11.6 Å². The number of likely N-dealkylation sites (tertiary alicyclic amines) is 1. The molecule has 108 valence electrons. The summed E-state index contributed by atoms with van der Waals surface area (Å²) in [6.07, 6.45) is 1.94. The van der Waals surface area contributed by atoms with E-state index in [-0.39, 0.29) is 5.91 Å². The fraction of sp³-hybridized carbons (Fsp3) is 0.429. The Kier molecular flexibility index (Phi) is 5.88. The number of piperidine rings is 1. The second kappa shape index (κ2) is 7.67.